The maximum Gasteiger partial charge on any atom is 0.270 e. The maximum atomic E-state index is 14.4. The number of halogens is 2. The Hall–Kier alpha value is -1.90. The molecule has 0 amide bonds. The molecule has 2 heterocycles. The van der Waals surface area contributed by atoms with Crippen LogP contribution in [0.4, 0.5) is 14.5 Å². The predicted octanol–water partition coefficient (Wildman–Crippen LogP) is 2.71. The molecule has 6 nitrogen and oxygen atoms in total. The van der Waals surface area contributed by atoms with E-state index in [0.717, 1.165) is 18.2 Å². The summed E-state index contributed by atoms with van der Waals surface area (Å²) in [4.78, 5) is 14.6. The summed E-state index contributed by atoms with van der Waals surface area (Å²) in [5, 5.41) is 9.87. The lowest BCUT2D eigenvalue weighted by molar-refractivity contribution is -0.385. The minimum atomic E-state index is -3.94. The molecule has 9 heteroatoms. The van der Waals surface area contributed by atoms with E-state index in [4.69, 9.17) is 0 Å². The molecule has 3 rings (SSSR count). The quantitative estimate of drug-likeness (QED) is 0.614. The van der Waals surface area contributed by atoms with Crippen LogP contribution in [0.5, 0.6) is 0 Å². The summed E-state index contributed by atoms with van der Waals surface area (Å²) in [6.45, 7) is 1.79. The van der Waals surface area contributed by atoms with Crippen molar-refractivity contribution in [2.24, 2.45) is 4.99 Å². The molecule has 0 radical (unpaired) electrons. The predicted molar refractivity (Wildman–Crippen MR) is 84.2 cm³/mol. The minimum Gasteiger partial charge on any atom is -0.280 e. The number of non-ortho nitro benzene ring substituents is 1. The van der Waals surface area contributed by atoms with Gasteiger partial charge < -0.3 is 0 Å². The summed E-state index contributed by atoms with van der Waals surface area (Å²) in [5.74, 6) is -0.769. The van der Waals surface area contributed by atoms with E-state index >= 15 is 0 Å². The molecule has 1 fully saturated rings. The Morgan fingerprint density at radius 1 is 1.46 bits per heavy atom. The van der Waals surface area contributed by atoms with E-state index in [2.05, 4.69) is 4.99 Å². The van der Waals surface area contributed by atoms with Crippen molar-refractivity contribution in [3.05, 3.63) is 39.7 Å². The second-order valence-corrected chi connectivity index (χ2v) is 8.91. The van der Waals surface area contributed by atoms with Gasteiger partial charge in [0.25, 0.3) is 5.69 Å². The Balaban J connectivity index is 2.28. The molecule has 0 unspecified atom stereocenters. The first-order chi connectivity index (χ1) is 11.1. The van der Waals surface area contributed by atoms with Gasteiger partial charge in [-0.3, -0.25) is 15.1 Å². The molecule has 0 N–H and O–H groups in total. The highest BCUT2D eigenvalue weighted by Gasteiger charge is 2.65. The van der Waals surface area contributed by atoms with Gasteiger partial charge in [-0.05, 0) is 32.8 Å². The fraction of sp³-hybridized carbons (Fsp3) is 0.533. The van der Waals surface area contributed by atoms with Crippen LogP contribution in [-0.4, -0.2) is 35.7 Å². The number of fused-ring (bicyclic) bond motifs is 2. The van der Waals surface area contributed by atoms with Gasteiger partial charge in [-0.2, -0.15) is 0 Å². The number of aliphatic imine (C=N–C) groups is 1. The zero-order valence-electron chi connectivity index (χ0n) is 13.1. The summed E-state index contributed by atoms with van der Waals surface area (Å²) >= 11 is 0. The third kappa shape index (κ3) is 1.90. The van der Waals surface area contributed by atoms with Gasteiger partial charge >= 0.3 is 0 Å². The number of nitrogens with zero attached hydrogens (tertiary/aromatic N) is 2. The highest BCUT2D eigenvalue weighted by Crippen LogP contribution is 2.52. The minimum absolute atomic E-state index is 0.0813. The molecule has 1 aromatic carbocycles. The standard InChI is InChI=1S/C15H16F2N2O4S/c1-9-15(8-16)6-5-13(24(15,22)23)14(2,18-9)11-7-10(19(20)21)3-4-12(11)17/h3-4,7,13H,5-6,8H2,1-2H3/t13-,14+,15-/m0/s1. The molecule has 1 aromatic rings. The zero-order chi connectivity index (χ0) is 17.9. The van der Waals surface area contributed by atoms with Gasteiger partial charge in [-0.25, -0.2) is 17.2 Å². The average Bonchev–Trinajstić information content (AvgIpc) is 2.70. The van der Waals surface area contributed by atoms with Crippen molar-refractivity contribution in [2.75, 3.05) is 6.67 Å². The first-order valence-electron chi connectivity index (χ1n) is 7.41. The van der Waals surface area contributed by atoms with Crippen molar-refractivity contribution in [3.8, 4) is 0 Å². The van der Waals surface area contributed by atoms with Crippen LogP contribution in [-0.2, 0) is 15.4 Å². The SMILES string of the molecule is CC1=N[C@](C)(c2cc([N+](=O)[O-])ccc2F)[C@@H]2CC[C@@]1(CF)S2(=O)=O. The fourth-order valence-electron chi connectivity index (χ4n) is 3.91. The Morgan fingerprint density at radius 2 is 2.12 bits per heavy atom. The number of hydrogen-bond donors (Lipinski definition) is 0. The molecule has 1 saturated heterocycles. The lowest BCUT2D eigenvalue weighted by Crippen LogP contribution is -2.55. The number of nitro groups is 1. The zero-order valence-corrected chi connectivity index (χ0v) is 13.9. The van der Waals surface area contributed by atoms with E-state index in [1.165, 1.54) is 13.8 Å². The van der Waals surface area contributed by atoms with Crippen molar-refractivity contribution in [1.82, 2.24) is 0 Å². The molecule has 0 saturated carbocycles. The highest BCUT2D eigenvalue weighted by molar-refractivity contribution is 7.94. The summed E-state index contributed by atoms with van der Waals surface area (Å²) in [5.41, 5.74) is -1.93. The van der Waals surface area contributed by atoms with Crippen LogP contribution in [0.25, 0.3) is 0 Å². The van der Waals surface area contributed by atoms with Gasteiger partial charge in [-0.1, -0.05) is 0 Å². The van der Waals surface area contributed by atoms with Gasteiger partial charge in [0.15, 0.2) is 9.84 Å². The number of benzene rings is 1. The smallest absolute Gasteiger partial charge is 0.270 e. The van der Waals surface area contributed by atoms with Crippen LogP contribution in [0.3, 0.4) is 0 Å². The summed E-state index contributed by atoms with van der Waals surface area (Å²) < 4.78 is 52.1. The Morgan fingerprint density at radius 3 is 2.71 bits per heavy atom. The van der Waals surface area contributed by atoms with Crippen molar-refractivity contribution < 1.29 is 22.1 Å². The summed E-state index contributed by atoms with van der Waals surface area (Å²) in [6.07, 6.45) is 0.212. The molecule has 3 atom stereocenters. The van der Waals surface area contributed by atoms with Crippen LogP contribution in [0.15, 0.2) is 23.2 Å². The number of hydrogen-bond acceptors (Lipinski definition) is 5. The van der Waals surface area contributed by atoms with E-state index < -0.39 is 42.8 Å². The molecule has 2 bridgehead atoms. The second kappa shape index (κ2) is 5.05. The van der Waals surface area contributed by atoms with E-state index in [1.54, 1.807) is 0 Å². The molecule has 0 aliphatic carbocycles. The van der Waals surface area contributed by atoms with Crippen LogP contribution in [0, 0.1) is 15.9 Å². The highest BCUT2D eigenvalue weighted by atomic mass is 32.2. The van der Waals surface area contributed by atoms with Gasteiger partial charge in [0.2, 0.25) is 0 Å². The van der Waals surface area contributed by atoms with Crippen LogP contribution >= 0.6 is 0 Å². The van der Waals surface area contributed by atoms with Crippen LogP contribution in [0.1, 0.15) is 32.3 Å². The average molecular weight is 358 g/mol. The third-order valence-electron chi connectivity index (χ3n) is 5.34. The van der Waals surface area contributed by atoms with E-state index in [1.807, 2.05) is 0 Å². The fourth-order valence-corrected chi connectivity index (χ4v) is 6.68. The summed E-state index contributed by atoms with van der Waals surface area (Å²) in [7, 11) is -3.94. The number of sulfone groups is 1. The number of alkyl halides is 1. The van der Waals surface area contributed by atoms with Crippen molar-refractivity contribution in [1.29, 1.82) is 0 Å². The molecule has 0 spiro atoms. The van der Waals surface area contributed by atoms with Crippen LogP contribution in [0.2, 0.25) is 0 Å². The van der Waals surface area contributed by atoms with E-state index in [0.29, 0.717) is 0 Å². The van der Waals surface area contributed by atoms with Gasteiger partial charge in [0.05, 0.1) is 10.2 Å². The monoisotopic (exact) mass is 358 g/mol. The molecule has 130 valence electrons. The molecular formula is C15H16F2N2O4S. The van der Waals surface area contributed by atoms with Crippen molar-refractivity contribution >= 4 is 21.2 Å². The molecule has 0 aromatic heterocycles. The topological polar surface area (TPSA) is 89.6 Å². The molecule has 24 heavy (non-hydrogen) atoms. The van der Waals surface area contributed by atoms with Crippen molar-refractivity contribution in [2.45, 2.75) is 42.2 Å². The van der Waals surface area contributed by atoms with Gasteiger partial charge in [0.1, 0.15) is 22.8 Å². The first-order valence-corrected chi connectivity index (χ1v) is 8.95. The first kappa shape index (κ1) is 16.9. The second-order valence-electron chi connectivity index (χ2n) is 6.47. The largest absolute Gasteiger partial charge is 0.280 e. The van der Waals surface area contributed by atoms with Gasteiger partial charge in [0, 0.05) is 23.4 Å². The Labute approximate surface area is 137 Å². The normalized spacial score (nSPS) is 34.0. The van der Waals surface area contributed by atoms with E-state index in [-0.39, 0.29) is 29.8 Å². The third-order valence-corrected chi connectivity index (χ3v) is 8.48. The number of nitro benzene ring substituents is 1. The van der Waals surface area contributed by atoms with Crippen LogP contribution < -0.4 is 0 Å². The Bertz CT molecular complexity index is 870. The molecular weight excluding hydrogens is 342 g/mol. The maximum absolute atomic E-state index is 14.4. The lowest BCUT2D eigenvalue weighted by atomic mass is 9.86. The Kier molecular flexibility index (Phi) is 3.56. The molecule has 2 aliphatic heterocycles. The molecule has 2 aliphatic rings. The number of rotatable bonds is 3. The lowest BCUT2D eigenvalue weighted by Gasteiger charge is -2.40. The van der Waals surface area contributed by atoms with Gasteiger partial charge in [-0.15, -0.1) is 0 Å². The van der Waals surface area contributed by atoms with E-state index in [9.17, 15) is 27.3 Å². The van der Waals surface area contributed by atoms with Crippen molar-refractivity contribution in [3.63, 3.8) is 0 Å². The summed E-state index contributed by atoms with van der Waals surface area (Å²) in [6, 6.07) is 2.96.